The van der Waals surface area contributed by atoms with E-state index in [4.69, 9.17) is 23.2 Å². The summed E-state index contributed by atoms with van der Waals surface area (Å²) in [5.41, 5.74) is 0.487. The number of anilines is 1. The SMILES string of the molecule is O=C(Nc1cc(Cl)cc(Cl)c1)c1cccc(S(=O)(=O)[C@@H]2CCS(=O)(=O)C2)c1. The third-order valence-corrected chi connectivity index (χ3v) is 8.78. The Kier molecular flexibility index (Phi) is 5.54. The Balaban J connectivity index is 1.86. The van der Waals surface area contributed by atoms with Gasteiger partial charge in [0.2, 0.25) is 0 Å². The normalized spacial score (nSPS) is 19.0. The van der Waals surface area contributed by atoms with Crippen LogP contribution in [0.5, 0.6) is 0 Å². The van der Waals surface area contributed by atoms with Crippen LogP contribution in [0.25, 0.3) is 0 Å². The maximum atomic E-state index is 12.7. The van der Waals surface area contributed by atoms with Gasteiger partial charge in [0.05, 0.1) is 21.7 Å². The highest BCUT2D eigenvalue weighted by atomic mass is 35.5. The van der Waals surface area contributed by atoms with Crippen LogP contribution in [0.4, 0.5) is 5.69 Å². The van der Waals surface area contributed by atoms with E-state index in [9.17, 15) is 21.6 Å². The number of carbonyl (C=O) groups is 1. The quantitative estimate of drug-likeness (QED) is 0.775. The summed E-state index contributed by atoms with van der Waals surface area (Å²) >= 11 is 11.8. The first-order valence-electron chi connectivity index (χ1n) is 7.89. The van der Waals surface area contributed by atoms with E-state index < -0.39 is 36.6 Å². The number of halogens is 2. The Hall–Kier alpha value is -1.61. The third-order valence-electron chi connectivity index (χ3n) is 4.17. The molecule has 6 nitrogen and oxygen atoms in total. The Morgan fingerprint density at radius 2 is 1.74 bits per heavy atom. The van der Waals surface area contributed by atoms with Gasteiger partial charge in [0, 0.05) is 21.3 Å². The maximum Gasteiger partial charge on any atom is 0.255 e. The molecule has 10 heteroatoms. The first kappa shape index (κ1) is 20.1. The van der Waals surface area contributed by atoms with Crippen molar-refractivity contribution in [2.45, 2.75) is 16.6 Å². The molecule has 1 atom stereocenters. The minimum Gasteiger partial charge on any atom is -0.322 e. The van der Waals surface area contributed by atoms with Crippen molar-refractivity contribution in [2.24, 2.45) is 0 Å². The van der Waals surface area contributed by atoms with Crippen LogP contribution in [0.2, 0.25) is 10.0 Å². The number of amides is 1. The average molecular weight is 448 g/mol. The molecule has 144 valence electrons. The zero-order chi connectivity index (χ0) is 19.8. The average Bonchev–Trinajstić information content (AvgIpc) is 2.95. The largest absolute Gasteiger partial charge is 0.322 e. The van der Waals surface area contributed by atoms with E-state index in [1.54, 1.807) is 0 Å². The van der Waals surface area contributed by atoms with Crippen molar-refractivity contribution in [3.8, 4) is 0 Å². The lowest BCUT2D eigenvalue weighted by Gasteiger charge is -2.12. The van der Waals surface area contributed by atoms with Gasteiger partial charge in [-0.15, -0.1) is 0 Å². The van der Waals surface area contributed by atoms with Crippen LogP contribution >= 0.6 is 23.2 Å². The molecule has 0 saturated carbocycles. The van der Waals surface area contributed by atoms with Crippen LogP contribution in [0, 0.1) is 0 Å². The minimum atomic E-state index is -3.85. The van der Waals surface area contributed by atoms with Crippen molar-refractivity contribution in [1.29, 1.82) is 0 Å². The lowest BCUT2D eigenvalue weighted by Crippen LogP contribution is -2.23. The molecule has 2 aromatic carbocycles. The summed E-state index contributed by atoms with van der Waals surface area (Å²) in [6.07, 6.45) is 0.0576. The van der Waals surface area contributed by atoms with Crippen LogP contribution < -0.4 is 5.32 Å². The number of carbonyl (C=O) groups excluding carboxylic acids is 1. The molecule has 0 bridgehead atoms. The molecule has 0 aliphatic carbocycles. The molecule has 3 rings (SSSR count). The van der Waals surface area contributed by atoms with Crippen molar-refractivity contribution in [1.82, 2.24) is 0 Å². The van der Waals surface area contributed by atoms with Gasteiger partial charge in [0.25, 0.3) is 5.91 Å². The zero-order valence-corrected chi connectivity index (χ0v) is 17.0. The number of rotatable bonds is 4. The molecule has 1 amide bonds. The van der Waals surface area contributed by atoms with Crippen molar-refractivity contribution in [3.63, 3.8) is 0 Å². The molecule has 1 fully saturated rings. The van der Waals surface area contributed by atoms with Gasteiger partial charge in [-0.25, -0.2) is 16.8 Å². The highest BCUT2D eigenvalue weighted by molar-refractivity contribution is 7.96. The van der Waals surface area contributed by atoms with Crippen LogP contribution in [0.3, 0.4) is 0 Å². The van der Waals surface area contributed by atoms with E-state index >= 15 is 0 Å². The van der Waals surface area contributed by atoms with E-state index in [0.29, 0.717) is 15.7 Å². The second kappa shape index (κ2) is 7.43. The fourth-order valence-corrected chi connectivity index (χ4v) is 7.77. The first-order valence-corrected chi connectivity index (χ1v) is 12.0. The predicted octanol–water partition coefficient (Wildman–Crippen LogP) is 3.21. The van der Waals surface area contributed by atoms with E-state index in [2.05, 4.69) is 5.32 Å². The van der Waals surface area contributed by atoms with E-state index in [1.165, 1.54) is 42.5 Å². The number of benzene rings is 2. The molecule has 0 unspecified atom stereocenters. The molecule has 0 spiro atoms. The van der Waals surface area contributed by atoms with E-state index in [-0.39, 0.29) is 22.6 Å². The highest BCUT2D eigenvalue weighted by Gasteiger charge is 2.38. The van der Waals surface area contributed by atoms with Crippen molar-refractivity contribution in [3.05, 3.63) is 58.1 Å². The molecule has 27 heavy (non-hydrogen) atoms. The van der Waals surface area contributed by atoms with Crippen molar-refractivity contribution < 1.29 is 21.6 Å². The monoisotopic (exact) mass is 447 g/mol. The molecular formula is C17H15Cl2NO5S2. The van der Waals surface area contributed by atoms with Crippen LogP contribution in [0.15, 0.2) is 47.4 Å². The number of hydrogen-bond donors (Lipinski definition) is 1. The molecule has 2 aromatic rings. The predicted molar refractivity (Wildman–Crippen MR) is 105 cm³/mol. The fourth-order valence-electron chi connectivity index (χ4n) is 2.84. The van der Waals surface area contributed by atoms with Gasteiger partial charge in [0.1, 0.15) is 0 Å². The van der Waals surface area contributed by atoms with Gasteiger partial charge in [-0.2, -0.15) is 0 Å². The van der Waals surface area contributed by atoms with Gasteiger partial charge in [0.15, 0.2) is 19.7 Å². The smallest absolute Gasteiger partial charge is 0.255 e. The molecule has 1 aliphatic rings. The number of hydrogen-bond acceptors (Lipinski definition) is 5. The summed E-state index contributed by atoms with van der Waals surface area (Å²) in [7, 11) is -7.20. The zero-order valence-electron chi connectivity index (χ0n) is 13.9. The maximum absolute atomic E-state index is 12.7. The van der Waals surface area contributed by atoms with Crippen LogP contribution in [-0.2, 0) is 19.7 Å². The van der Waals surface area contributed by atoms with E-state index in [1.807, 2.05) is 0 Å². The Morgan fingerprint density at radius 1 is 1.07 bits per heavy atom. The minimum absolute atomic E-state index is 0.0576. The van der Waals surface area contributed by atoms with Crippen LogP contribution in [0.1, 0.15) is 16.8 Å². The summed E-state index contributed by atoms with van der Waals surface area (Å²) in [6, 6.07) is 10.0. The lowest BCUT2D eigenvalue weighted by atomic mass is 10.2. The topological polar surface area (TPSA) is 97.4 Å². The first-order chi connectivity index (χ1) is 12.6. The second-order valence-electron chi connectivity index (χ2n) is 6.21. The summed E-state index contributed by atoms with van der Waals surface area (Å²) in [4.78, 5) is 12.4. The standard InChI is InChI=1S/C17H15Cl2NO5S2/c18-12-7-13(19)9-14(8-12)20-17(21)11-2-1-3-15(6-11)27(24,25)16-4-5-26(22,23)10-16/h1-3,6-9,16H,4-5,10H2,(H,20,21)/t16-/m1/s1. The van der Waals surface area contributed by atoms with Crippen molar-refractivity contribution in [2.75, 3.05) is 16.8 Å². The van der Waals surface area contributed by atoms with Gasteiger partial charge in [-0.3, -0.25) is 4.79 Å². The molecule has 1 heterocycles. The summed E-state index contributed by atoms with van der Waals surface area (Å²) in [5.74, 6) is -1.08. The second-order valence-corrected chi connectivity index (χ2v) is 11.5. The van der Waals surface area contributed by atoms with E-state index in [0.717, 1.165) is 0 Å². The van der Waals surface area contributed by atoms with Gasteiger partial charge in [-0.05, 0) is 42.8 Å². The Labute approximate surface area is 167 Å². The van der Waals surface area contributed by atoms with Gasteiger partial charge < -0.3 is 5.32 Å². The van der Waals surface area contributed by atoms with Gasteiger partial charge in [-0.1, -0.05) is 29.3 Å². The Bertz CT molecular complexity index is 1090. The molecular weight excluding hydrogens is 433 g/mol. The molecule has 1 N–H and O–H groups in total. The molecule has 0 radical (unpaired) electrons. The third kappa shape index (κ3) is 4.63. The highest BCUT2D eigenvalue weighted by Crippen LogP contribution is 2.27. The van der Waals surface area contributed by atoms with Crippen molar-refractivity contribution >= 4 is 54.5 Å². The Morgan fingerprint density at radius 3 is 2.33 bits per heavy atom. The number of nitrogens with one attached hydrogen (secondary N) is 1. The number of sulfone groups is 2. The van der Waals surface area contributed by atoms with Crippen LogP contribution in [-0.4, -0.2) is 39.5 Å². The molecule has 1 aliphatic heterocycles. The molecule has 0 aromatic heterocycles. The summed E-state index contributed by atoms with van der Waals surface area (Å²) in [5, 5.41) is 2.30. The fraction of sp³-hybridized carbons (Fsp3) is 0.235. The summed E-state index contributed by atoms with van der Waals surface area (Å²) < 4.78 is 48.6. The molecule has 1 saturated heterocycles. The van der Waals surface area contributed by atoms with Gasteiger partial charge >= 0.3 is 0 Å². The lowest BCUT2D eigenvalue weighted by molar-refractivity contribution is 0.102. The summed E-state index contributed by atoms with van der Waals surface area (Å²) in [6.45, 7) is 0.